The molecule has 0 saturated carbocycles. The zero-order chi connectivity index (χ0) is 16.4. The number of hydrogen-bond acceptors (Lipinski definition) is 4. The number of aromatic carboxylic acids is 1. The van der Waals surface area contributed by atoms with Gasteiger partial charge < -0.3 is 14.8 Å². The van der Waals surface area contributed by atoms with Crippen molar-refractivity contribution in [1.29, 1.82) is 0 Å². The Morgan fingerprint density at radius 2 is 1.87 bits per heavy atom. The van der Waals surface area contributed by atoms with E-state index in [0.717, 1.165) is 5.56 Å². The highest BCUT2D eigenvalue weighted by Crippen LogP contribution is 2.24. The van der Waals surface area contributed by atoms with Gasteiger partial charge in [-0.05, 0) is 18.1 Å². The number of aryl methyl sites for hydroxylation is 2. The Labute approximate surface area is 131 Å². The molecule has 2 aromatic heterocycles. The van der Waals surface area contributed by atoms with Gasteiger partial charge in [-0.25, -0.2) is 9.78 Å². The summed E-state index contributed by atoms with van der Waals surface area (Å²) in [5.41, 5.74) is 0.346. The molecule has 0 atom stereocenters. The number of benzene rings is 1. The number of rotatable bonds is 4. The van der Waals surface area contributed by atoms with Crippen molar-refractivity contribution in [2.24, 2.45) is 0 Å². The minimum Gasteiger partial charge on any atom is -0.505 e. The first-order valence-corrected chi connectivity index (χ1v) is 7.06. The molecule has 0 fully saturated rings. The number of aromatic nitrogens is 2. The molecule has 0 aliphatic rings. The smallest absolute Gasteiger partial charge is 0.358 e. The van der Waals surface area contributed by atoms with Crippen molar-refractivity contribution in [1.82, 2.24) is 9.55 Å². The number of nitrogens with zero attached hydrogens (tertiary/aromatic N) is 2. The topological polar surface area (TPSA) is 92.4 Å². The van der Waals surface area contributed by atoms with Crippen LogP contribution in [0.4, 0.5) is 0 Å². The molecule has 0 amide bonds. The number of carboxylic acids is 1. The number of fused-ring (bicyclic) bond motifs is 1. The van der Waals surface area contributed by atoms with Crippen molar-refractivity contribution in [2.75, 3.05) is 0 Å². The van der Waals surface area contributed by atoms with Gasteiger partial charge in [-0.15, -0.1) is 0 Å². The van der Waals surface area contributed by atoms with E-state index in [2.05, 4.69) is 4.98 Å². The fourth-order valence-corrected chi connectivity index (χ4v) is 2.47. The van der Waals surface area contributed by atoms with E-state index < -0.39 is 17.4 Å². The van der Waals surface area contributed by atoms with Gasteiger partial charge in [-0.2, -0.15) is 0 Å². The maximum absolute atomic E-state index is 12.4. The molecule has 23 heavy (non-hydrogen) atoms. The molecule has 3 rings (SSSR count). The average Bonchev–Trinajstić information content (AvgIpc) is 2.55. The van der Waals surface area contributed by atoms with Crippen LogP contribution in [-0.2, 0) is 13.0 Å². The Morgan fingerprint density at radius 1 is 1.13 bits per heavy atom. The Bertz CT molecular complexity index is 932. The van der Waals surface area contributed by atoms with Crippen LogP contribution in [0.1, 0.15) is 16.1 Å². The molecule has 6 nitrogen and oxygen atoms in total. The molecule has 1 aromatic carbocycles. The third kappa shape index (κ3) is 2.78. The molecular weight excluding hydrogens is 296 g/mol. The summed E-state index contributed by atoms with van der Waals surface area (Å²) in [7, 11) is 0. The summed E-state index contributed by atoms with van der Waals surface area (Å²) in [6, 6.07) is 11.3. The number of hydrogen-bond donors (Lipinski definition) is 2. The molecule has 0 unspecified atom stereocenters. The first-order valence-electron chi connectivity index (χ1n) is 7.06. The third-order valence-electron chi connectivity index (χ3n) is 3.69. The van der Waals surface area contributed by atoms with E-state index >= 15 is 0 Å². The molecule has 2 N–H and O–H groups in total. The first kappa shape index (κ1) is 14.8. The fourth-order valence-electron chi connectivity index (χ4n) is 2.47. The molecule has 0 saturated heterocycles. The monoisotopic (exact) mass is 310 g/mol. The van der Waals surface area contributed by atoms with Crippen molar-refractivity contribution in [3.8, 4) is 5.75 Å². The molecular formula is C17H14N2O4. The van der Waals surface area contributed by atoms with Crippen LogP contribution < -0.4 is 5.56 Å². The highest BCUT2D eigenvalue weighted by atomic mass is 16.4. The van der Waals surface area contributed by atoms with E-state index in [4.69, 9.17) is 5.11 Å². The normalized spacial score (nSPS) is 10.8. The van der Waals surface area contributed by atoms with Crippen LogP contribution in [-0.4, -0.2) is 25.7 Å². The SMILES string of the molecule is O=C(O)c1ncc2c(=O)n(CCc3ccccc3)ccc2c1O. The second-order valence-electron chi connectivity index (χ2n) is 5.14. The second-order valence-corrected chi connectivity index (χ2v) is 5.14. The van der Waals surface area contributed by atoms with Crippen molar-refractivity contribution in [3.05, 3.63) is 70.4 Å². The fraction of sp³-hybridized carbons (Fsp3) is 0.118. The maximum Gasteiger partial charge on any atom is 0.358 e. The zero-order valence-electron chi connectivity index (χ0n) is 12.1. The van der Waals surface area contributed by atoms with E-state index in [0.29, 0.717) is 13.0 Å². The van der Waals surface area contributed by atoms with E-state index in [1.54, 1.807) is 6.20 Å². The zero-order valence-corrected chi connectivity index (χ0v) is 12.1. The van der Waals surface area contributed by atoms with Gasteiger partial charge in [-0.3, -0.25) is 4.79 Å². The van der Waals surface area contributed by atoms with Gasteiger partial charge >= 0.3 is 5.97 Å². The molecule has 0 spiro atoms. The van der Waals surface area contributed by atoms with Crippen molar-refractivity contribution in [2.45, 2.75) is 13.0 Å². The Kier molecular flexibility index (Phi) is 3.80. The van der Waals surface area contributed by atoms with Crippen LogP contribution in [0, 0.1) is 0 Å². The van der Waals surface area contributed by atoms with Crippen LogP contribution >= 0.6 is 0 Å². The van der Waals surface area contributed by atoms with Gasteiger partial charge in [0.15, 0.2) is 11.4 Å². The lowest BCUT2D eigenvalue weighted by molar-refractivity contribution is 0.0687. The quantitative estimate of drug-likeness (QED) is 0.769. The van der Waals surface area contributed by atoms with E-state index in [9.17, 15) is 14.7 Å². The summed E-state index contributed by atoms with van der Waals surface area (Å²) in [5.74, 6) is -1.82. The number of carbonyl (C=O) groups is 1. The van der Waals surface area contributed by atoms with E-state index in [1.807, 2.05) is 30.3 Å². The minimum atomic E-state index is -1.34. The molecule has 0 aliphatic carbocycles. The summed E-state index contributed by atoms with van der Waals surface area (Å²) < 4.78 is 1.52. The highest BCUT2D eigenvalue weighted by molar-refractivity contribution is 5.97. The van der Waals surface area contributed by atoms with Crippen molar-refractivity contribution in [3.63, 3.8) is 0 Å². The Balaban J connectivity index is 1.98. The number of pyridine rings is 2. The summed E-state index contributed by atoms with van der Waals surface area (Å²) >= 11 is 0. The van der Waals surface area contributed by atoms with Crippen LogP contribution in [0.2, 0.25) is 0 Å². The number of carboxylic acid groups (broad SMARTS) is 1. The average molecular weight is 310 g/mol. The van der Waals surface area contributed by atoms with E-state index in [-0.39, 0.29) is 16.3 Å². The summed E-state index contributed by atoms with van der Waals surface area (Å²) in [6.45, 7) is 0.486. The van der Waals surface area contributed by atoms with E-state index in [1.165, 1.54) is 16.8 Å². The van der Waals surface area contributed by atoms with Gasteiger partial charge in [0.05, 0.1) is 5.39 Å². The predicted molar refractivity (Wildman–Crippen MR) is 84.8 cm³/mol. The lowest BCUT2D eigenvalue weighted by atomic mass is 10.1. The Hall–Kier alpha value is -3.15. The van der Waals surface area contributed by atoms with Gasteiger partial charge in [0.25, 0.3) is 5.56 Å². The standard InChI is InChI=1S/C17H14N2O4/c20-15-12-7-9-19(8-6-11-4-2-1-3-5-11)16(21)13(12)10-18-14(15)17(22)23/h1-5,7,9-10,20H,6,8H2,(H,22,23). The molecule has 0 bridgehead atoms. The molecule has 2 heterocycles. The van der Waals surface area contributed by atoms with Crippen LogP contribution in [0.15, 0.2) is 53.6 Å². The summed E-state index contributed by atoms with van der Waals surface area (Å²) in [5, 5.41) is 19.3. The lowest BCUT2D eigenvalue weighted by Gasteiger charge is -2.09. The third-order valence-corrected chi connectivity index (χ3v) is 3.69. The Morgan fingerprint density at radius 3 is 2.57 bits per heavy atom. The minimum absolute atomic E-state index is 0.193. The van der Waals surface area contributed by atoms with Crippen LogP contribution in [0.25, 0.3) is 10.8 Å². The number of aromatic hydroxyl groups is 1. The van der Waals surface area contributed by atoms with Crippen molar-refractivity contribution >= 4 is 16.7 Å². The lowest BCUT2D eigenvalue weighted by Crippen LogP contribution is -2.21. The largest absolute Gasteiger partial charge is 0.505 e. The van der Waals surface area contributed by atoms with Gasteiger partial charge in [-0.1, -0.05) is 30.3 Å². The first-order chi connectivity index (χ1) is 11.1. The van der Waals surface area contributed by atoms with Crippen LogP contribution in [0.5, 0.6) is 5.75 Å². The van der Waals surface area contributed by atoms with Gasteiger partial charge in [0, 0.05) is 24.3 Å². The molecule has 6 heteroatoms. The maximum atomic E-state index is 12.4. The summed E-state index contributed by atoms with van der Waals surface area (Å²) in [6.07, 6.45) is 3.44. The molecule has 116 valence electrons. The van der Waals surface area contributed by atoms with Crippen LogP contribution in [0.3, 0.4) is 0 Å². The van der Waals surface area contributed by atoms with Crippen molar-refractivity contribution < 1.29 is 15.0 Å². The van der Waals surface area contributed by atoms with Gasteiger partial charge in [0.1, 0.15) is 0 Å². The predicted octanol–water partition coefficient (Wildman–Crippen LogP) is 2.04. The second kappa shape index (κ2) is 5.92. The van der Waals surface area contributed by atoms with Gasteiger partial charge in [0.2, 0.25) is 0 Å². The molecule has 0 aliphatic heterocycles. The molecule has 3 aromatic rings. The molecule has 0 radical (unpaired) electrons. The summed E-state index contributed by atoms with van der Waals surface area (Å²) in [4.78, 5) is 27.1. The highest BCUT2D eigenvalue weighted by Gasteiger charge is 2.16.